The predicted octanol–water partition coefficient (Wildman–Crippen LogP) is 8.14. The molecule has 0 bridgehead atoms. The van der Waals surface area contributed by atoms with Crippen LogP contribution in [0.2, 0.25) is 0 Å². The highest BCUT2D eigenvalue weighted by Gasteiger charge is 2.22. The third-order valence-electron chi connectivity index (χ3n) is 6.47. The Balaban J connectivity index is 1.95. The third-order valence-corrected chi connectivity index (χ3v) is 6.47. The molecule has 0 N–H and O–H groups in total. The molecule has 0 spiro atoms. The van der Waals surface area contributed by atoms with E-state index in [1.807, 2.05) is 0 Å². The Labute approximate surface area is 187 Å². The first-order chi connectivity index (χ1) is 14.8. The summed E-state index contributed by atoms with van der Waals surface area (Å²) in [5.41, 5.74) is 16.1. The SMILES string of the molecule is Cc1cc(C)c(N2C=C(c3c(C)cccc3C)CC(c3c(C)cccc3C)=C2)c(C)c1. The van der Waals surface area contributed by atoms with Crippen LogP contribution in [0.5, 0.6) is 0 Å². The lowest BCUT2D eigenvalue weighted by atomic mass is 9.85. The van der Waals surface area contributed by atoms with Crippen molar-refractivity contribution >= 4 is 16.8 Å². The highest BCUT2D eigenvalue weighted by atomic mass is 15.1. The molecule has 158 valence electrons. The van der Waals surface area contributed by atoms with E-state index in [0.29, 0.717) is 0 Å². The first-order valence-electron chi connectivity index (χ1n) is 11.2. The molecule has 0 atom stereocenters. The molecule has 0 saturated carbocycles. The maximum Gasteiger partial charge on any atom is 0.0508 e. The average Bonchev–Trinajstić information content (AvgIpc) is 2.67. The molecule has 1 heteroatoms. The van der Waals surface area contributed by atoms with Crippen LogP contribution in [0, 0.1) is 48.5 Å². The molecule has 0 amide bonds. The van der Waals surface area contributed by atoms with Gasteiger partial charge in [-0.3, -0.25) is 0 Å². The molecule has 3 aromatic carbocycles. The fourth-order valence-electron chi connectivity index (χ4n) is 5.33. The monoisotopic (exact) mass is 407 g/mol. The molecule has 0 fully saturated rings. The molecule has 0 unspecified atom stereocenters. The van der Waals surface area contributed by atoms with E-state index in [1.165, 1.54) is 66.9 Å². The summed E-state index contributed by atoms with van der Waals surface area (Å²) < 4.78 is 0. The molecule has 3 aromatic rings. The zero-order valence-corrected chi connectivity index (χ0v) is 19.9. The van der Waals surface area contributed by atoms with Gasteiger partial charge in [-0.15, -0.1) is 0 Å². The van der Waals surface area contributed by atoms with Gasteiger partial charge in [0, 0.05) is 18.8 Å². The van der Waals surface area contributed by atoms with Crippen LogP contribution in [0.1, 0.15) is 56.5 Å². The highest BCUT2D eigenvalue weighted by Crippen LogP contribution is 2.40. The van der Waals surface area contributed by atoms with Crippen LogP contribution < -0.4 is 4.90 Å². The maximum absolute atomic E-state index is 2.37. The van der Waals surface area contributed by atoms with Crippen molar-refractivity contribution in [2.24, 2.45) is 0 Å². The van der Waals surface area contributed by atoms with Gasteiger partial charge in [0.25, 0.3) is 0 Å². The van der Waals surface area contributed by atoms with E-state index < -0.39 is 0 Å². The van der Waals surface area contributed by atoms with Crippen molar-refractivity contribution in [1.82, 2.24) is 0 Å². The summed E-state index contributed by atoms with van der Waals surface area (Å²) in [5, 5.41) is 0. The predicted molar refractivity (Wildman–Crippen MR) is 136 cm³/mol. The van der Waals surface area contributed by atoms with Crippen molar-refractivity contribution in [2.75, 3.05) is 4.90 Å². The number of hydrogen-bond acceptors (Lipinski definition) is 1. The van der Waals surface area contributed by atoms with E-state index in [9.17, 15) is 0 Å². The van der Waals surface area contributed by atoms with Crippen LogP contribution >= 0.6 is 0 Å². The number of aryl methyl sites for hydroxylation is 7. The molecule has 0 saturated heterocycles. The van der Waals surface area contributed by atoms with Gasteiger partial charge in [0.2, 0.25) is 0 Å². The summed E-state index contributed by atoms with van der Waals surface area (Å²) in [5.74, 6) is 0. The van der Waals surface area contributed by atoms with Crippen LogP contribution in [-0.2, 0) is 0 Å². The van der Waals surface area contributed by atoms with E-state index in [-0.39, 0.29) is 0 Å². The van der Waals surface area contributed by atoms with Gasteiger partial charge in [-0.05, 0) is 104 Å². The number of hydrogen-bond donors (Lipinski definition) is 0. The average molecular weight is 408 g/mol. The number of benzene rings is 3. The van der Waals surface area contributed by atoms with Gasteiger partial charge >= 0.3 is 0 Å². The topological polar surface area (TPSA) is 3.24 Å². The Hall–Kier alpha value is -3.06. The Morgan fingerprint density at radius 3 is 1.32 bits per heavy atom. The summed E-state index contributed by atoms with van der Waals surface area (Å²) in [6.07, 6.45) is 5.66. The molecule has 1 nitrogen and oxygen atoms in total. The van der Waals surface area contributed by atoms with Gasteiger partial charge < -0.3 is 4.90 Å². The van der Waals surface area contributed by atoms with Crippen LogP contribution in [-0.4, -0.2) is 0 Å². The Morgan fingerprint density at radius 1 is 0.548 bits per heavy atom. The van der Waals surface area contributed by atoms with Crippen molar-refractivity contribution in [2.45, 2.75) is 54.9 Å². The van der Waals surface area contributed by atoms with Gasteiger partial charge in [-0.25, -0.2) is 0 Å². The molecule has 4 rings (SSSR count). The second kappa shape index (κ2) is 8.23. The zero-order chi connectivity index (χ0) is 22.3. The lowest BCUT2D eigenvalue weighted by Crippen LogP contribution is -2.17. The van der Waals surface area contributed by atoms with Crippen molar-refractivity contribution in [1.29, 1.82) is 0 Å². The fraction of sp³-hybridized carbons (Fsp3) is 0.267. The minimum atomic E-state index is 0.942. The summed E-state index contributed by atoms with van der Waals surface area (Å²) >= 11 is 0. The molecule has 1 aliphatic rings. The molecule has 1 heterocycles. The Morgan fingerprint density at radius 2 is 0.935 bits per heavy atom. The van der Waals surface area contributed by atoms with Gasteiger partial charge in [-0.2, -0.15) is 0 Å². The van der Waals surface area contributed by atoms with Crippen LogP contribution in [0.25, 0.3) is 11.1 Å². The zero-order valence-electron chi connectivity index (χ0n) is 19.9. The Kier molecular flexibility index (Phi) is 5.62. The second-order valence-corrected chi connectivity index (χ2v) is 9.17. The quantitative estimate of drug-likeness (QED) is 0.423. The summed E-state index contributed by atoms with van der Waals surface area (Å²) in [7, 11) is 0. The van der Waals surface area contributed by atoms with E-state index in [2.05, 4.69) is 114 Å². The van der Waals surface area contributed by atoms with Crippen molar-refractivity contribution in [3.63, 3.8) is 0 Å². The van der Waals surface area contributed by atoms with Crippen molar-refractivity contribution < 1.29 is 0 Å². The van der Waals surface area contributed by atoms with Crippen molar-refractivity contribution in [3.05, 3.63) is 111 Å². The lowest BCUT2D eigenvalue weighted by molar-refractivity contribution is 1.14. The minimum Gasteiger partial charge on any atom is -0.323 e. The van der Waals surface area contributed by atoms with Gasteiger partial charge in [0.15, 0.2) is 0 Å². The first kappa shape index (κ1) is 21.2. The lowest BCUT2D eigenvalue weighted by Gasteiger charge is -2.30. The molecule has 0 aromatic heterocycles. The molecule has 31 heavy (non-hydrogen) atoms. The second-order valence-electron chi connectivity index (χ2n) is 9.17. The molecule has 0 aliphatic carbocycles. The van der Waals surface area contributed by atoms with Gasteiger partial charge in [-0.1, -0.05) is 54.1 Å². The number of nitrogens with zero attached hydrogens (tertiary/aromatic N) is 1. The largest absolute Gasteiger partial charge is 0.323 e. The smallest absolute Gasteiger partial charge is 0.0508 e. The number of anilines is 1. The molecular weight excluding hydrogens is 374 g/mol. The highest BCUT2D eigenvalue weighted by molar-refractivity contribution is 5.89. The van der Waals surface area contributed by atoms with E-state index >= 15 is 0 Å². The first-order valence-corrected chi connectivity index (χ1v) is 11.2. The normalized spacial score (nSPS) is 13.8. The summed E-state index contributed by atoms with van der Waals surface area (Å²) in [6, 6.07) is 17.8. The maximum atomic E-state index is 2.37. The standard InChI is InChI=1S/C30H33N/c1-19-14-24(6)30(25(7)15-19)31-17-26(28-20(2)10-8-11-21(28)3)16-27(18-31)29-22(4)12-9-13-23(29)5/h8-15,17-18H,16H2,1-7H3. The molecule has 0 radical (unpaired) electrons. The van der Waals surface area contributed by atoms with Crippen LogP contribution in [0.4, 0.5) is 5.69 Å². The van der Waals surface area contributed by atoms with E-state index in [0.717, 1.165) is 6.42 Å². The molecular formula is C30H33N. The van der Waals surface area contributed by atoms with Gasteiger partial charge in [0.05, 0.1) is 5.69 Å². The molecule has 1 aliphatic heterocycles. The van der Waals surface area contributed by atoms with E-state index in [4.69, 9.17) is 0 Å². The summed E-state index contributed by atoms with van der Waals surface area (Å²) in [4.78, 5) is 2.37. The summed E-state index contributed by atoms with van der Waals surface area (Å²) in [6.45, 7) is 15.5. The Bertz CT molecular complexity index is 1090. The minimum absolute atomic E-state index is 0.942. The van der Waals surface area contributed by atoms with Gasteiger partial charge in [0.1, 0.15) is 0 Å². The van der Waals surface area contributed by atoms with E-state index in [1.54, 1.807) is 0 Å². The number of rotatable bonds is 3. The van der Waals surface area contributed by atoms with Crippen LogP contribution in [0.3, 0.4) is 0 Å². The number of allylic oxidation sites excluding steroid dienone is 2. The van der Waals surface area contributed by atoms with Crippen LogP contribution in [0.15, 0.2) is 60.9 Å². The third kappa shape index (κ3) is 3.97. The fourth-order valence-corrected chi connectivity index (χ4v) is 5.33. The van der Waals surface area contributed by atoms with Crippen molar-refractivity contribution in [3.8, 4) is 0 Å².